The smallest absolute Gasteiger partial charge is 0.0465 e. The fourth-order valence-electron chi connectivity index (χ4n) is 13.3. The van der Waals surface area contributed by atoms with Gasteiger partial charge in [-0.3, -0.25) is 0 Å². The van der Waals surface area contributed by atoms with Crippen LogP contribution in [0.5, 0.6) is 0 Å². The molecule has 7 aliphatic carbocycles. The van der Waals surface area contributed by atoms with Crippen LogP contribution in [0.1, 0.15) is 120 Å². The summed E-state index contributed by atoms with van der Waals surface area (Å²) in [7, 11) is 0. The van der Waals surface area contributed by atoms with Crippen molar-refractivity contribution < 1.29 is 0 Å². The van der Waals surface area contributed by atoms with Gasteiger partial charge in [0, 0.05) is 27.9 Å². The minimum absolute atomic E-state index is 0.0561. The first kappa shape index (κ1) is 31.4. The molecule has 0 unspecified atom stereocenters. The molecule has 0 aliphatic heterocycles. The van der Waals surface area contributed by atoms with Crippen molar-refractivity contribution in [2.24, 2.45) is 23.7 Å². The lowest BCUT2D eigenvalue weighted by Gasteiger charge is -2.61. The molecule has 0 atom stereocenters. The molecule has 262 valence electrons. The molecule has 1 nitrogen and oxygen atoms in total. The molecule has 5 aromatic carbocycles. The summed E-state index contributed by atoms with van der Waals surface area (Å²) < 4.78 is 0. The summed E-state index contributed by atoms with van der Waals surface area (Å²) in [6, 6.07) is 41.1. The van der Waals surface area contributed by atoms with Gasteiger partial charge in [-0.15, -0.1) is 0 Å². The Hall–Kier alpha value is -4.10. The minimum atomic E-state index is -0.0561. The van der Waals surface area contributed by atoms with Crippen LogP contribution in [0.15, 0.2) is 103 Å². The standard InChI is InChI=1S/C51H53N/c1-48(2)21-22-49(3,4)47-30-37(17-20-44(47)48)52(35-15-18-40-38-11-7-9-13-42(38)50(5,6)45(40)28-35)36-16-19-41-39-12-8-10-14-43(39)51(46(41)29-36)33-24-31-23-32(26-33)27-34(51)25-31/h7-20,28-34H,21-27H2,1-6H3. The molecular formula is C51H53N. The molecular weight excluding hydrogens is 627 g/mol. The summed E-state index contributed by atoms with van der Waals surface area (Å²) in [5.74, 6) is 3.37. The highest BCUT2D eigenvalue weighted by Gasteiger charge is 2.61. The molecule has 4 saturated carbocycles. The maximum Gasteiger partial charge on any atom is 0.0465 e. The number of hydrogen-bond acceptors (Lipinski definition) is 1. The van der Waals surface area contributed by atoms with Gasteiger partial charge in [-0.2, -0.15) is 0 Å². The Balaban J connectivity index is 1.14. The Kier molecular flexibility index (Phi) is 6.23. The lowest BCUT2D eigenvalue weighted by molar-refractivity contribution is -0.0399. The van der Waals surface area contributed by atoms with Crippen molar-refractivity contribution in [3.05, 3.63) is 137 Å². The van der Waals surface area contributed by atoms with Crippen LogP contribution in [0, 0.1) is 23.7 Å². The number of hydrogen-bond donors (Lipinski definition) is 0. The van der Waals surface area contributed by atoms with Gasteiger partial charge in [-0.1, -0.05) is 108 Å². The predicted octanol–water partition coefficient (Wildman–Crippen LogP) is 13.5. The van der Waals surface area contributed by atoms with E-state index < -0.39 is 0 Å². The number of nitrogens with zero attached hydrogens (tertiary/aromatic N) is 1. The zero-order chi connectivity index (χ0) is 35.4. The Labute approximate surface area is 311 Å². The molecule has 1 spiro atoms. The molecule has 52 heavy (non-hydrogen) atoms. The van der Waals surface area contributed by atoms with E-state index in [0.29, 0.717) is 0 Å². The molecule has 0 saturated heterocycles. The van der Waals surface area contributed by atoms with Crippen LogP contribution >= 0.6 is 0 Å². The van der Waals surface area contributed by atoms with E-state index in [0.717, 1.165) is 23.7 Å². The summed E-state index contributed by atoms with van der Waals surface area (Å²) in [6.45, 7) is 14.7. The summed E-state index contributed by atoms with van der Waals surface area (Å²) in [5, 5.41) is 0. The number of fused-ring (bicyclic) bond motifs is 7. The summed E-state index contributed by atoms with van der Waals surface area (Å²) in [5.41, 5.74) is 19.2. The maximum atomic E-state index is 2.68. The first-order valence-electron chi connectivity index (χ1n) is 20.4. The second-order valence-electron chi connectivity index (χ2n) is 19.7. The van der Waals surface area contributed by atoms with Gasteiger partial charge in [0.15, 0.2) is 0 Å². The van der Waals surface area contributed by atoms with Crippen LogP contribution in [0.25, 0.3) is 22.3 Å². The van der Waals surface area contributed by atoms with E-state index in [9.17, 15) is 0 Å². The average Bonchev–Trinajstić information content (AvgIpc) is 3.55. The Morgan fingerprint density at radius 1 is 0.423 bits per heavy atom. The molecule has 0 amide bonds. The number of anilines is 3. The van der Waals surface area contributed by atoms with Gasteiger partial charge in [0.1, 0.15) is 0 Å². The van der Waals surface area contributed by atoms with Crippen LogP contribution in [-0.4, -0.2) is 0 Å². The second kappa shape index (κ2) is 10.3. The van der Waals surface area contributed by atoms with E-state index in [1.165, 1.54) is 107 Å². The van der Waals surface area contributed by atoms with Crippen molar-refractivity contribution in [3.63, 3.8) is 0 Å². The van der Waals surface area contributed by atoms with Crippen molar-refractivity contribution in [1.82, 2.24) is 0 Å². The molecule has 0 heterocycles. The summed E-state index contributed by atoms with van der Waals surface area (Å²) in [4.78, 5) is 2.63. The van der Waals surface area contributed by atoms with Crippen LogP contribution in [0.3, 0.4) is 0 Å². The highest BCUT2D eigenvalue weighted by Crippen LogP contribution is 2.69. The highest BCUT2D eigenvalue weighted by molar-refractivity contribution is 5.89. The van der Waals surface area contributed by atoms with Gasteiger partial charge < -0.3 is 4.90 Å². The van der Waals surface area contributed by atoms with Crippen molar-refractivity contribution in [2.45, 2.75) is 108 Å². The third kappa shape index (κ3) is 4.01. The van der Waals surface area contributed by atoms with E-state index in [4.69, 9.17) is 0 Å². The van der Waals surface area contributed by atoms with E-state index in [1.807, 2.05) is 0 Å². The van der Waals surface area contributed by atoms with Crippen molar-refractivity contribution >= 4 is 17.1 Å². The Bertz CT molecular complexity index is 2290. The van der Waals surface area contributed by atoms with Crippen LogP contribution in [0.4, 0.5) is 17.1 Å². The molecule has 7 aliphatic rings. The predicted molar refractivity (Wildman–Crippen MR) is 217 cm³/mol. The number of benzene rings is 5. The lowest BCUT2D eigenvalue weighted by atomic mass is 9.43. The lowest BCUT2D eigenvalue weighted by Crippen LogP contribution is -2.55. The van der Waals surface area contributed by atoms with Gasteiger partial charge in [-0.05, 0) is 171 Å². The van der Waals surface area contributed by atoms with E-state index in [-0.39, 0.29) is 21.7 Å². The van der Waals surface area contributed by atoms with Crippen molar-refractivity contribution in [1.29, 1.82) is 0 Å². The van der Waals surface area contributed by atoms with Crippen molar-refractivity contribution in [2.75, 3.05) is 4.90 Å². The van der Waals surface area contributed by atoms with Gasteiger partial charge >= 0.3 is 0 Å². The SMILES string of the molecule is CC1(C)CCC(C)(C)c2cc(N(c3ccc4c(c3)C(C)(C)c3ccccc3-4)c3ccc4c(c3)C3(c5ccccc5-4)C4CC5CC(C4)CC3C5)ccc21. The number of rotatable bonds is 3. The molecule has 0 N–H and O–H groups in total. The summed E-state index contributed by atoms with van der Waals surface area (Å²) >= 11 is 0. The van der Waals surface area contributed by atoms with Gasteiger partial charge in [0.05, 0.1) is 0 Å². The fraction of sp³-hybridized carbons (Fsp3) is 0.412. The normalized spacial score (nSPS) is 28.6. The van der Waals surface area contributed by atoms with Crippen LogP contribution in [-0.2, 0) is 21.7 Å². The molecule has 12 rings (SSSR count). The maximum absolute atomic E-state index is 2.68. The van der Waals surface area contributed by atoms with E-state index >= 15 is 0 Å². The van der Waals surface area contributed by atoms with Gasteiger partial charge in [-0.25, -0.2) is 0 Å². The van der Waals surface area contributed by atoms with Gasteiger partial charge in [0.2, 0.25) is 0 Å². The summed E-state index contributed by atoms with van der Waals surface area (Å²) in [6.07, 6.45) is 9.56. The largest absolute Gasteiger partial charge is 0.310 e. The Morgan fingerprint density at radius 2 is 0.885 bits per heavy atom. The third-order valence-corrected chi connectivity index (χ3v) is 15.7. The average molecular weight is 680 g/mol. The van der Waals surface area contributed by atoms with Gasteiger partial charge in [0.25, 0.3) is 0 Å². The van der Waals surface area contributed by atoms with E-state index in [2.05, 4.69) is 150 Å². The van der Waals surface area contributed by atoms with E-state index in [1.54, 1.807) is 11.1 Å². The Morgan fingerprint density at radius 3 is 1.52 bits per heavy atom. The quantitative estimate of drug-likeness (QED) is 0.183. The highest BCUT2D eigenvalue weighted by atomic mass is 15.1. The monoisotopic (exact) mass is 679 g/mol. The topological polar surface area (TPSA) is 3.24 Å². The fourth-order valence-corrected chi connectivity index (χ4v) is 13.3. The first-order valence-corrected chi connectivity index (χ1v) is 20.4. The molecule has 5 aromatic rings. The zero-order valence-corrected chi connectivity index (χ0v) is 32.0. The minimum Gasteiger partial charge on any atom is -0.310 e. The molecule has 1 heteroatoms. The third-order valence-electron chi connectivity index (χ3n) is 15.7. The molecule has 4 bridgehead atoms. The van der Waals surface area contributed by atoms with Crippen LogP contribution in [0.2, 0.25) is 0 Å². The molecule has 0 aromatic heterocycles. The molecule has 0 radical (unpaired) electrons. The second-order valence-corrected chi connectivity index (χ2v) is 19.7. The van der Waals surface area contributed by atoms with Crippen LogP contribution < -0.4 is 4.90 Å². The first-order chi connectivity index (χ1) is 25.0. The van der Waals surface area contributed by atoms with Crippen molar-refractivity contribution in [3.8, 4) is 22.3 Å². The molecule has 4 fully saturated rings. The zero-order valence-electron chi connectivity index (χ0n) is 32.0.